The van der Waals surface area contributed by atoms with Crippen LogP contribution in [0.15, 0.2) is 30.3 Å². The molecule has 0 radical (unpaired) electrons. The van der Waals surface area contributed by atoms with E-state index in [9.17, 15) is 13.0 Å². The van der Waals surface area contributed by atoms with Crippen molar-refractivity contribution in [3.05, 3.63) is 35.9 Å². The lowest BCUT2D eigenvalue weighted by atomic mass is 10.2. The van der Waals surface area contributed by atoms with Crippen LogP contribution >= 0.6 is 7.60 Å². The molecule has 1 aromatic carbocycles. The standard InChI is InChI=1S/C7H11N2O5PS/c8-16(13,14)9-7(15(10,11)12)6-4-2-1-3-5-6/h1-5,7,9H,(H2,8,13,14)(H2,10,11,12). The summed E-state index contributed by atoms with van der Waals surface area (Å²) in [5.41, 5.74) is 0.143. The Hall–Kier alpha value is -0.760. The molecular formula is C7H11N2O5PS. The van der Waals surface area contributed by atoms with Crippen molar-refractivity contribution in [2.24, 2.45) is 5.14 Å². The van der Waals surface area contributed by atoms with Crippen molar-refractivity contribution in [1.29, 1.82) is 0 Å². The number of rotatable bonds is 4. The van der Waals surface area contributed by atoms with Crippen LogP contribution in [-0.4, -0.2) is 18.2 Å². The smallest absolute Gasteiger partial charge is 0.323 e. The second-order valence-corrected chi connectivity index (χ2v) is 6.09. The third kappa shape index (κ3) is 4.01. The average Bonchev–Trinajstić information content (AvgIpc) is 2.13. The summed E-state index contributed by atoms with van der Waals surface area (Å²) >= 11 is 0. The highest BCUT2D eigenvalue weighted by atomic mass is 32.2. The SMILES string of the molecule is NS(=O)(=O)NC(c1ccccc1)P(=O)(O)O. The second-order valence-electron chi connectivity index (χ2n) is 3.07. The van der Waals surface area contributed by atoms with Gasteiger partial charge in [0.15, 0.2) is 0 Å². The van der Waals surface area contributed by atoms with Gasteiger partial charge in [-0.25, -0.2) is 5.14 Å². The van der Waals surface area contributed by atoms with Gasteiger partial charge in [-0.3, -0.25) is 4.57 Å². The van der Waals surface area contributed by atoms with Gasteiger partial charge in [0.1, 0.15) is 5.78 Å². The van der Waals surface area contributed by atoms with Crippen LogP contribution in [0.3, 0.4) is 0 Å². The largest absolute Gasteiger partial charge is 0.347 e. The Kier molecular flexibility index (Phi) is 3.84. The number of hydrogen-bond donors (Lipinski definition) is 4. The molecule has 0 aliphatic rings. The molecule has 0 aromatic heterocycles. The average molecular weight is 266 g/mol. The highest BCUT2D eigenvalue weighted by Gasteiger charge is 2.32. The van der Waals surface area contributed by atoms with Crippen molar-refractivity contribution in [3.8, 4) is 0 Å². The van der Waals surface area contributed by atoms with Crippen LogP contribution in [0, 0.1) is 0 Å². The summed E-state index contributed by atoms with van der Waals surface area (Å²) in [5.74, 6) is -1.66. The van der Waals surface area contributed by atoms with Crippen LogP contribution in [0.2, 0.25) is 0 Å². The molecule has 0 saturated heterocycles. The van der Waals surface area contributed by atoms with Crippen LogP contribution in [0.4, 0.5) is 0 Å². The lowest BCUT2D eigenvalue weighted by Crippen LogP contribution is -2.34. The highest BCUT2D eigenvalue weighted by Crippen LogP contribution is 2.49. The maximum absolute atomic E-state index is 11.1. The fourth-order valence-electron chi connectivity index (χ4n) is 1.12. The highest BCUT2D eigenvalue weighted by molar-refractivity contribution is 7.87. The summed E-state index contributed by atoms with van der Waals surface area (Å²) in [7, 11) is -8.86. The summed E-state index contributed by atoms with van der Waals surface area (Å²) in [6, 6.07) is 7.48. The first-order chi connectivity index (χ1) is 7.20. The van der Waals surface area contributed by atoms with Crippen molar-refractivity contribution in [2.45, 2.75) is 5.78 Å². The van der Waals surface area contributed by atoms with Crippen LogP contribution in [0.25, 0.3) is 0 Å². The van der Waals surface area contributed by atoms with Gasteiger partial charge in [0.05, 0.1) is 0 Å². The molecule has 16 heavy (non-hydrogen) atoms. The van der Waals surface area contributed by atoms with Gasteiger partial charge in [0.25, 0.3) is 10.2 Å². The molecule has 1 rings (SSSR count). The van der Waals surface area contributed by atoms with Crippen molar-refractivity contribution >= 4 is 17.8 Å². The first-order valence-corrected chi connectivity index (χ1v) is 7.33. The fourth-order valence-corrected chi connectivity index (χ4v) is 3.12. The summed E-state index contributed by atoms with van der Waals surface area (Å²) in [6.07, 6.45) is 0. The molecule has 0 aliphatic heterocycles. The van der Waals surface area contributed by atoms with E-state index in [2.05, 4.69) is 5.14 Å². The topological polar surface area (TPSA) is 130 Å². The molecule has 90 valence electrons. The van der Waals surface area contributed by atoms with Crippen LogP contribution < -0.4 is 9.86 Å². The van der Waals surface area contributed by atoms with Crippen molar-refractivity contribution in [1.82, 2.24) is 4.72 Å². The Labute approximate surface area is 92.6 Å². The quantitative estimate of drug-likeness (QED) is 0.554. The van der Waals surface area contributed by atoms with E-state index in [1.54, 1.807) is 10.8 Å². The molecule has 5 N–H and O–H groups in total. The predicted octanol–water partition coefficient (Wildman–Crippen LogP) is -0.344. The zero-order valence-corrected chi connectivity index (χ0v) is 9.73. The van der Waals surface area contributed by atoms with Crippen molar-refractivity contribution in [3.63, 3.8) is 0 Å². The zero-order chi connectivity index (χ0) is 12.4. The Morgan fingerprint density at radius 2 is 1.75 bits per heavy atom. The maximum Gasteiger partial charge on any atom is 0.347 e. The molecular weight excluding hydrogens is 255 g/mol. The maximum atomic E-state index is 11.1. The van der Waals surface area contributed by atoms with Crippen LogP contribution in [-0.2, 0) is 14.8 Å². The summed E-state index contributed by atoms with van der Waals surface area (Å²) in [4.78, 5) is 18.0. The number of nitrogens with one attached hydrogen (secondary N) is 1. The van der Waals surface area contributed by atoms with E-state index >= 15 is 0 Å². The van der Waals surface area contributed by atoms with E-state index in [1.807, 2.05) is 0 Å². The van der Waals surface area contributed by atoms with Gasteiger partial charge in [-0.2, -0.15) is 13.1 Å². The number of hydrogen-bond acceptors (Lipinski definition) is 3. The van der Waals surface area contributed by atoms with Gasteiger partial charge >= 0.3 is 7.60 Å². The van der Waals surface area contributed by atoms with Gasteiger partial charge < -0.3 is 9.79 Å². The van der Waals surface area contributed by atoms with E-state index in [0.717, 1.165) is 0 Å². The fraction of sp³-hybridized carbons (Fsp3) is 0.143. The molecule has 9 heteroatoms. The Balaban J connectivity index is 3.13. The summed E-state index contributed by atoms with van der Waals surface area (Å²) < 4.78 is 34.4. The third-order valence-electron chi connectivity index (χ3n) is 1.73. The lowest BCUT2D eigenvalue weighted by molar-refractivity contribution is 0.355. The Morgan fingerprint density at radius 1 is 1.25 bits per heavy atom. The molecule has 1 atom stereocenters. The molecule has 1 aromatic rings. The monoisotopic (exact) mass is 266 g/mol. The third-order valence-corrected chi connectivity index (χ3v) is 3.57. The van der Waals surface area contributed by atoms with E-state index in [4.69, 9.17) is 9.79 Å². The predicted molar refractivity (Wildman–Crippen MR) is 57.5 cm³/mol. The summed E-state index contributed by atoms with van der Waals surface area (Å²) in [6.45, 7) is 0. The zero-order valence-electron chi connectivity index (χ0n) is 8.02. The Morgan fingerprint density at radius 3 is 2.12 bits per heavy atom. The first kappa shape index (κ1) is 13.3. The molecule has 0 saturated carbocycles. The van der Waals surface area contributed by atoms with Gasteiger partial charge in [-0.15, -0.1) is 0 Å². The van der Waals surface area contributed by atoms with Crippen LogP contribution in [0.1, 0.15) is 11.3 Å². The molecule has 0 spiro atoms. The molecule has 0 heterocycles. The molecule has 7 nitrogen and oxygen atoms in total. The van der Waals surface area contributed by atoms with E-state index in [-0.39, 0.29) is 5.56 Å². The van der Waals surface area contributed by atoms with Crippen LogP contribution in [0.5, 0.6) is 0 Å². The van der Waals surface area contributed by atoms with E-state index < -0.39 is 23.6 Å². The minimum atomic E-state index is -4.66. The van der Waals surface area contributed by atoms with Gasteiger partial charge in [0, 0.05) is 0 Å². The number of nitrogens with two attached hydrogens (primary N) is 1. The minimum Gasteiger partial charge on any atom is -0.323 e. The normalized spacial score (nSPS) is 14.7. The second kappa shape index (κ2) is 4.62. The Bertz CT molecular complexity index is 497. The molecule has 0 bridgehead atoms. The minimum absolute atomic E-state index is 0.143. The molecule has 0 aliphatic carbocycles. The van der Waals surface area contributed by atoms with E-state index in [0.29, 0.717) is 0 Å². The van der Waals surface area contributed by atoms with Gasteiger partial charge in [-0.1, -0.05) is 30.3 Å². The van der Waals surface area contributed by atoms with Crippen molar-refractivity contribution in [2.75, 3.05) is 0 Å². The summed E-state index contributed by atoms with van der Waals surface area (Å²) in [5, 5.41) is 4.69. The van der Waals surface area contributed by atoms with Gasteiger partial charge in [0.2, 0.25) is 0 Å². The molecule has 0 amide bonds. The number of benzene rings is 1. The first-order valence-electron chi connectivity index (χ1n) is 4.10. The lowest BCUT2D eigenvalue weighted by Gasteiger charge is -2.18. The molecule has 0 fully saturated rings. The van der Waals surface area contributed by atoms with E-state index in [1.165, 1.54) is 24.3 Å². The van der Waals surface area contributed by atoms with Crippen molar-refractivity contribution < 1.29 is 22.8 Å². The molecule has 1 unspecified atom stereocenters. The van der Waals surface area contributed by atoms with Gasteiger partial charge in [-0.05, 0) is 5.56 Å².